The summed E-state index contributed by atoms with van der Waals surface area (Å²) in [6, 6.07) is 9.87. The Morgan fingerprint density at radius 2 is 2.12 bits per heavy atom. The van der Waals surface area contributed by atoms with Gasteiger partial charge in [-0.05, 0) is 25.1 Å². The maximum Gasteiger partial charge on any atom is 0.203 e. The third-order valence-corrected chi connectivity index (χ3v) is 5.62. The fourth-order valence-corrected chi connectivity index (χ4v) is 3.92. The molecule has 1 aliphatic heterocycles. The lowest BCUT2D eigenvalue weighted by Gasteiger charge is -2.27. The lowest BCUT2D eigenvalue weighted by atomic mass is 10.0. The quantitative estimate of drug-likeness (QED) is 0.531. The fourth-order valence-electron chi connectivity index (χ4n) is 3.92. The first kappa shape index (κ1) is 22.8. The van der Waals surface area contributed by atoms with Gasteiger partial charge in [0, 0.05) is 44.1 Å². The average molecular weight is 447 g/mol. The molecule has 0 aliphatic carbocycles. The summed E-state index contributed by atoms with van der Waals surface area (Å²) in [6.07, 6.45) is 8.59. The molecule has 1 atom stereocenters. The van der Waals surface area contributed by atoms with Crippen LogP contribution in [0.5, 0.6) is 0 Å². The lowest BCUT2D eigenvalue weighted by molar-refractivity contribution is 0.148. The van der Waals surface area contributed by atoms with Gasteiger partial charge in [0.25, 0.3) is 0 Å². The van der Waals surface area contributed by atoms with Gasteiger partial charge >= 0.3 is 0 Å². The summed E-state index contributed by atoms with van der Waals surface area (Å²) in [4.78, 5) is 21.9. The van der Waals surface area contributed by atoms with E-state index >= 15 is 0 Å². The smallest absolute Gasteiger partial charge is 0.203 e. The van der Waals surface area contributed by atoms with Crippen molar-refractivity contribution in [2.75, 3.05) is 26.7 Å². The van der Waals surface area contributed by atoms with E-state index in [0.29, 0.717) is 25.2 Å². The number of hydrogen-bond donors (Lipinski definition) is 1. The third kappa shape index (κ3) is 5.50. The van der Waals surface area contributed by atoms with E-state index in [1.807, 2.05) is 44.7 Å². The Labute approximate surface area is 193 Å². The van der Waals surface area contributed by atoms with Crippen LogP contribution >= 0.6 is 0 Å². The molecule has 1 aliphatic rings. The summed E-state index contributed by atoms with van der Waals surface area (Å²) >= 11 is 0. The van der Waals surface area contributed by atoms with Crippen molar-refractivity contribution < 1.29 is 0 Å². The topological polar surface area (TPSA) is 92.7 Å². The molecule has 1 N–H and O–H groups in total. The van der Waals surface area contributed by atoms with Crippen molar-refractivity contribution in [3.05, 3.63) is 76.0 Å². The van der Waals surface area contributed by atoms with Crippen molar-refractivity contribution in [3.63, 3.8) is 0 Å². The second kappa shape index (κ2) is 10.5. The van der Waals surface area contributed by atoms with Crippen molar-refractivity contribution >= 4 is 11.9 Å². The molecule has 3 aromatic rings. The molecular formula is C24H30N8O. The largest absolute Gasteiger partial charge is 0.289 e. The van der Waals surface area contributed by atoms with Crippen LogP contribution < -0.4 is 10.9 Å². The first-order valence-electron chi connectivity index (χ1n) is 11.2. The highest BCUT2D eigenvalue weighted by atomic mass is 16.1. The van der Waals surface area contributed by atoms with Crippen LogP contribution in [0.15, 0.2) is 63.7 Å². The van der Waals surface area contributed by atoms with E-state index in [0.717, 1.165) is 35.5 Å². The molecule has 2 aromatic heterocycles. The molecule has 0 radical (unpaired) electrons. The molecule has 3 heterocycles. The van der Waals surface area contributed by atoms with E-state index in [-0.39, 0.29) is 11.5 Å². The summed E-state index contributed by atoms with van der Waals surface area (Å²) in [7, 11) is 3.79. The summed E-state index contributed by atoms with van der Waals surface area (Å²) in [6.45, 7) is 4.50. The Kier molecular flexibility index (Phi) is 7.21. The van der Waals surface area contributed by atoms with Gasteiger partial charge in [-0.25, -0.2) is 9.69 Å². The van der Waals surface area contributed by atoms with Crippen molar-refractivity contribution in [1.29, 1.82) is 0 Å². The second-order valence-corrected chi connectivity index (χ2v) is 8.11. The highest BCUT2D eigenvalue weighted by Gasteiger charge is 2.18. The Balaban J connectivity index is 1.54. The van der Waals surface area contributed by atoms with E-state index in [1.165, 1.54) is 0 Å². The summed E-state index contributed by atoms with van der Waals surface area (Å²) in [5.74, 6) is 0. The average Bonchev–Trinajstić information content (AvgIpc) is 3.11. The molecule has 1 unspecified atom stereocenters. The molecule has 0 spiro atoms. The number of aliphatic imine (C=N–C) groups is 2. The SMILES string of the molecule is CCCN(NC)C1CN=CC(c2cccc(Cc3nn(-c4cnn(C)c4)ccc3=O)c2)=NC1. The Bertz CT molecular complexity index is 1210. The van der Waals surface area contributed by atoms with Gasteiger partial charge in [0.2, 0.25) is 5.43 Å². The molecule has 0 saturated carbocycles. The summed E-state index contributed by atoms with van der Waals surface area (Å²) in [5, 5.41) is 10.9. The van der Waals surface area contributed by atoms with Gasteiger partial charge in [-0.15, -0.1) is 0 Å². The van der Waals surface area contributed by atoms with Gasteiger partial charge in [-0.3, -0.25) is 24.9 Å². The normalized spacial score (nSPS) is 16.1. The molecule has 9 heteroatoms. The standard InChI is InChI=1S/C24H30N8O/c1-4-9-31(25-2)20-13-26-16-23(27-14-20)19-7-5-6-18(11-19)12-22-24(33)8-10-32(29-22)21-15-28-30(3)17-21/h5-8,10-11,15-17,20,25H,4,9,12-14H2,1-3H3. The van der Waals surface area contributed by atoms with Crippen molar-refractivity contribution in [1.82, 2.24) is 30.0 Å². The molecule has 4 rings (SSSR count). The predicted octanol–water partition coefficient (Wildman–Crippen LogP) is 1.65. The number of rotatable bonds is 8. The van der Waals surface area contributed by atoms with Gasteiger partial charge in [0.1, 0.15) is 11.4 Å². The van der Waals surface area contributed by atoms with Gasteiger partial charge in [-0.1, -0.05) is 25.1 Å². The number of nitrogens with zero attached hydrogens (tertiary/aromatic N) is 7. The number of hydrazine groups is 1. The van der Waals surface area contributed by atoms with E-state index in [9.17, 15) is 4.79 Å². The minimum Gasteiger partial charge on any atom is -0.289 e. The van der Waals surface area contributed by atoms with Crippen molar-refractivity contribution in [2.24, 2.45) is 17.0 Å². The van der Waals surface area contributed by atoms with Crippen molar-refractivity contribution in [3.8, 4) is 5.69 Å². The number of aryl methyl sites for hydroxylation is 1. The zero-order valence-electron chi connectivity index (χ0n) is 19.3. The van der Waals surface area contributed by atoms with Crippen LogP contribution in [0, 0.1) is 0 Å². The van der Waals surface area contributed by atoms with E-state index < -0.39 is 0 Å². The maximum atomic E-state index is 12.5. The van der Waals surface area contributed by atoms with E-state index in [2.05, 4.69) is 38.6 Å². The van der Waals surface area contributed by atoms with E-state index in [4.69, 9.17) is 4.99 Å². The Morgan fingerprint density at radius 3 is 2.88 bits per heavy atom. The van der Waals surface area contributed by atoms with Crippen LogP contribution in [0.3, 0.4) is 0 Å². The number of hydrogen-bond acceptors (Lipinski definition) is 7. The molecule has 0 saturated heterocycles. The summed E-state index contributed by atoms with van der Waals surface area (Å²) < 4.78 is 3.38. The van der Waals surface area contributed by atoms with Crippen LogP contribution in [0.4, 0.5) is 0 Å². The van der Waals surface area contributed by atoms with E-state index in [1.54, 1.807) is 27.8 Å². The third-order valence-electron chi connectivity index (χ3n) is 5.62. The molecular weight excluding hydrogens is 416 g/mol. The molecule has 0 bridgehead atoms. The Morgan fingerprint density at radius 1 is 1.24 bits per heavy atom. The van der Waals surface area contributed by atoms with Crippen LogP contribution in [-0.4, -0.2) is 69.2 Å². The minimum absolute atomic E-state index is 0.0835. The van der Waals surface area contributed by atoms with Gasteiger partial charge in [0.15, 0.2) is 0 Å². The van der Waals surface area contributed by atoms with Crippen LogP contribution in [-0.2, 0) is 13.5 Å². The highest BCUT2D eigenvalue weighted by molar-refractivity contribution is 6.38. The van der Waals surface area contributed by atoms with Gasteiger partial charge < -0.3 is 0 Å². The first-order chi connectivity index (χ1) is 16.1. The van der Waals surface area contributed by atoms with Gasteiger partial charge in [0.05, 0.1) is 37.2 Å². The molecule has 0 fully saturated rings. The van der Waals surface area contributed by atoms with Gasteiger partial charge in [-0.2, -0.15) is 10.2 Å². The number of aromatic nitrogens is 4. The number of benzene rings is 1. The monoisotopic (exact) mass is 446 g/mol. The minimum atomic E-state index is -0.0835. The molecule has 9 nitrogen and oxygen atoms in total. The molecule has 1 aromatic carbocycles. The van der Waals surface area contributed by atoms with Crippen LogP contribution in [0.25, 0.3) is 5.69 Å². The summed E-state index contributed by atoms with van der Waals surface area (Å²) in [5.41, 5.74) is 7.33. The first-order valence-corrected chi connectivity index (χ1v) is 11.2. The zero-order valence-corrected chi connectivity index (χ0v) is 19.3. The molecule has 172 valence electrons. The zero-order chi connectivity index (χ0) is 23.2. The molecule has 0 amide bonds. The van der Waals surface area contributed by atoms with Crippen LogP contribution in [0.1, 0.15) is 30.2 Å². The van der Waals surface area contributed by atoms with Crippen molar-refractivity contribution in [2.45, 2.75) is 25.8 Å². The predicted molar refractivity (Wildman–Crippen MR) is 130 cm³/mol. The number of nitrogens with one attached hydrogen (secondary N) is 1. The second-order valence-electron chi connectivity index (χ2n) is 8.11. The highest BCUT2D eigenvalue weighted by Crippen LogP contribution is 2.12. The fraction of sp³-hybridized carbons (Fsp3) is 0.375. The van der Waals surface area contributed by atoms with Crippen LogP contribution in [0.2, 0.25) is 0 Å². The maximum absolute atomic E-state index is 12.5. The lowest BCUT2D eigenvalue weighted by Crippen LogP contribution is -2.47. The molecule has 33 heavy (non-hydrogen) atoms. The Hall–Kier alpha value is -3.43.